The van der Waals surface area contributed by atoms with Crippen LogP contribution in [0.15, 0.2) is 0 Å². The zero-order valence-electron chi connectivity index (χ0n) is 11.1. The second-order valence-corrected chi connectivity index (χ2v) is 5.56. The van der Waals surface area contributed by atoms with Crippen molar-refractivity contribution in [2.75, 3.05) is 19.8 Å². The number of aliphatic hydroxyl groups excluding tert-OH is 2. The maximum absolute atomic E-state index is 11.9. The molecule has 0 radical (unpaired) electrons. The van der Waals surface area contributed by atoms with E-state index in [2.05, 4.69) is 5.32 Å². The highest BCUT2D eigenvalue weighted by molar-refractivity contribution is 5.80. The van der Waals surface area contributed by atoms with E-state index in [-0.39, 0.29) is 31.2 Å². The predicted molar refractivity (Wildman–Crippen MR) is 68.1 cm³/mol. The fraction of sp³-hybridized carbons (Fsp3) is 0.923. The van der Waals surface area contributed by atoms with Gasteiger partial charge in [-0.25, -0.2) is 0 Å². The van der Waals surface area contributed by atoms with E-state index in [1.54, 1.807) is 0 Å². The molecule has 18 heavy (non-hydrogen) atoms. The van der Waals surface area contributed by atoms with Gasteiger partial charge in [0, 0.05) is 25.0 Å². The van der Waals surface area contributed by atoms with Crippen LogP contribution in [0.3, 0.4) is 0 Å². The molecule has 0 aromatic rings. The summed E-state index contributed by atoms with van der Waals surface area (Å²) in [5.41, 5.74) is -0.654. The molecule has 0 saturated carbocycles. The first-order valence-electron chi connectivity index (χ1n) is 6.94. The predicted octanol–water partition coefficient (Wildman–Crippen LogP) is -0.137. The van der Waals surface area contributed by atoms with Crippen LogP contribution >= 0.6 is 0 Å². The van der Waals surface area contributed by atoms with Crippen molar-refractivity contribution in [3.05, 3.63) is 0 Å². The van der Waals surface area contributed by atoms with Crippen LogP contribution in [0.5, 0.6) is 0 Å². The van der Waals surface area contributed by atoms with Crippen molar-refractivity contribution in [2.45, 2.75) is 56.7 Å². The Morgan fingerprint density at radius 2 is 2.11 bits per heavy atom. The first-order valence-corrected chi connectivity index (χ1v) is 6.94. The molecule has 0 aromatic carbocycles. The number of piperidine rings is 1. The minimum absolute atomic E-state index is 0.0667. The Morgan fingerprint density at radius 1 is 1.39 bits per heavy atom. The smallest absolute Gasteiger partial charge is 0.224 e. The van der Waals surface area contributed by atoms with Gasteiger partial charge in [0.25, 0.3) is 0 Å². The maximum atomic E-state index is 11.9. The van der Waals surface area contributed by atoms with Gasteiger partial charge in [-0.2, -0.15) is 0 Å². The normalized spacial score (nSPS) is 28.6. The fourth-order valence-electron chi connectivity index (χ4n) is 3.13. The molecule has 0 spiro atoms. The van der Waals surface area contributed by atoms with Crippen molar-refractivity contribution in [3.63, 3.8) is 0 Å². The van der Waals surface area contributed by atoms with Gasteiger partial charge < -0.3 is 20.4 Å². The van der Waals surface area contributed by atoms with E-state index < -0.39 is 5.54 Å². The lowest BCUT2D eigenvalue weighted by Gasteiger charge is -2.38. The van der Waals surface area contributed by atoms with Gasteiger partial charge in [0.2, 0.25) is 5.91 Å². The van der Waals surface area contributed by atoms with Crippen molar-refractivity contribution >= 4 is 5.91 Å². The number of amides is 1. The molecule has 5 heteroatoms. The molecule has 104 valence electrons. The fourth-order valence-corrected chi connectivity index (χ4v) is 3.13. The van der Waals surface area contributed by atoms with Crippen molar-refractivity contribution in [1.29, 1.82) is 0 Å². The lowest BCUT2D eigenvalue weighted by molar-refractivity contribution is -0.129. The van der Waals surface area contributed by atoms with Gasteiger partial charge in [-0.3, -0.25) is 4.79 Å². The minimum Gasteiger partial charge on any atom is -0.394 e. The van der Waals surface area contributed by atoms with Crippen LogP contribution in [0.1, 0.15) is 39.0 Å². The van der Waals surface area contributed by atoms with Crippen molar-refractivity contribution in [3.8, 4) is 0 Å². The van der Waals surface area contributed by atoms with Gasteiger partial charge in [-0.15, -0.1) is 0 Å². The van der Waals surface area contributed by atoms with E-state index in [1.807, 2.05) is 11.8 Å². The van der Waals surface area contributed by atoms with Gasteiger partial charge in [0.15, 0.2) is 0 Å². The standard InChI is InChI=1S/C13H24N2O3/c1-2-13(8-16,9-17)14-10-7-12(18)15-6-4-3-5-11(10)15/h10-11,14,16-17H,2-9H2,1H3. The summed E-state index contributed by atoms with van der Waals surface area (Å²) in [6.45, 7) is 2.60. The SMILES string of the molecule is CCC(CO)(CO)NC1CC(=O)N2CCCCC12. The monoisotopic (exact) mass is 256 g/mol. The maximum Gasteiger partial charge on any atom is 0.224 e. The number of nitrogens with zero attached hydrogens (tertiary/aromatic N) is 1. The van der Waals surface area contributed by atoms with Gasteiger partial charge in [0.05, 0.1) is 18.8 Å². The van der Waals surface area contributed by atoms with Gasteiger partial charge in [0.1, 0.15) is 0 Å². The molecule has 2 rings (SSSR count). The second kappa shape index (κ2) is 5.55. The number of nitrogens with one attached hydrogen (secondary N) is 1. The van der Waals surface area contributed by atoms with Crippen LogP contribution in [-0.2, 0) is 4.79 Å². The first-order chi connectivity index (χ1) is 8.65. The number of fused-ring (bicyclic) bond motifs is 1. The molecule has 0 aliphatic carbocycles. The Bertz CT molecular complexity index is 296. The molecule has 0 aromatic heterocycles. The van der Waals surface area contributed by atoms with E-state index in [1.165, 1.54) is 0 Å². The number of rotatable bonds is 5. The number of aliphatic hydroxyl groups is 2. The summed E-state index contributed by atoms with van der Waals surface area (Å²) in [5.74, 6) is 0.207. The summed E-state index contributed by atoms with van der Waals surface area (Å²) < 4.78 is 0. The van der Waals surface area contributed by atoms with Crippen LogP contribution in [0.2, 0.25) is 0 Å². The molecule has 0 bridgehead atoms. The molecular formula is C13H24N2O3. The van der Waals surface area contributed by atoms with Crippen molar-refractivity contribution < 1.29 is 15.0 Å². The zero-order chi connectivity index (χ0) is 13.2. The van der Waals surface area contributed by atoms with E-state index in [9.17, 15) is 15.0 Å². The van der Waals surface area contributed by atoms with Crippen LogP contribution < -0.4 is 5.32 Å². The summed E-state index contributed by atoms with van der Waals surface area (Å²) in [4.78, 5) is 13.9. The Balaban J connectivity index is 2.07. The number of carbonyl (C=O) groups is 1. The Morgan fingerprint density at radius 3 is 2.72 bits per heavy atom. The summed E-state index contributed by atoms with van der Waals surface area (Å²) >= 11 is 0. The van der Waals surface area contributed by atoms with E-state index in [0.717, 1.165) is 25.8 Å². The summed E-state index contributed by atoms with van der Waals surface area (Å²) in [6.07, 6.45) is 4.42. The van der Waals surface area contributed by atoms with E-state index in [0.29, 0.717) is 12.8 Å². The highest BCUT2D eigenvalue weighted by Gasteiger charge is 2.43. The van der Waals surface area contributed by atoms with Gasteiger partial charge >= 0.3 is 0 Å². The third-order valence-corrected chi connectivity index (χ3v) is 4.50. The summed E-state index contributed by atoms with van der Waals surface area (Å²) in [5, 5.41) is 22.3. The molecular weight excluding hydrogens is 232 g/mol. The molecule has 2 saturated heterocycles. The van der Waals surface area contributed by atoms with Crippen LogP contribution in [0, 0.1) is 0 Å². The Labute approximate surface area is 108 Å². The molecule has 2 fully saturated rings. The van der Waals surface area contributed by atoms with Crippen LogP contribution in [-0.4, -0.2) is 58.4 Å². The average Bonchev–Trinajstić information content (AvgIpc) is 2.73. The minimum atomic E-state index is -0.654. The van der Waals surface area contributed by atoms with Crippen LogP contribution in [0.25, 0.3) is 0 Å². The topological polar surface area (TPSA) is 72.8 Å². The molecule has 3 N–H and O–H groups in total. The number of carbonyl (C=O) groups excluding carboxylic acids is 1. The molecule has 2 atom stereocenters. The lowest BCUT2D eigenvalue weighted by Crippen LogP contribution is -2.58. The highest BCUT2D eigenvalue weighted by atomic mass is 16.3. The lowest BCUT2D eigenvalue weighted by atomic mass is 9.93. The molecule has 2 aliphatic heterocycles. The second-order valence-electron chi connectivity index (χ2n) is 5.56. The number of hydrogen-bond donors (Lipinski definition) is 3. The molecule has 2 heterocycles. The Hall–Kier alpha value is -0.650. The zero-order valence-corrected chi connectivity index (χ0v) is 11.1. The largest absolute Gasteiger partial charge is 0.394 e. The summed E-state index contributed by atoms with van der Waals surface area (Å²) in [7, 11) is 0. The van der Waals surface area contributed by atoms with Crippen molar-refractivity contribution in [2.24, 2.45) is 0 Å². The van der Waals surface area contributed by atoms with Gasteiger partial charge in [-0.05, 0) is 25.7 Å². The third kappa shape index (κ3) is 2.39. The van der Waals surface area contributed by atoms with E-state index >= 15 is 0 Å². The van der Waals surface area contributed by atoms with E-state index in [4.69, 9.17) is 0 Å². The average molecular weight is 256 g/mol. The van der Waals surface area contributed by atoms with Crippen molar-refractivity contribution in [1.82, 2.24) is 10.2 Å². The first kappa shape index (κ1) is 13.8. The third-order valence-electron chi connectivity index (χ3n) is 4.50. The molecule has 1 amide bonds. The molecule has 2 aliphatic rings. The molecule has 5 nitrogen and oxygen atoms in total. The summed E-state index contributed by atoms with van der Waals surface area (Å²) in [6, 6.07) is 0.312. The van der Waals surface area contributed by atoms with Gasteiger partial charge in [-0.1, -0.05) is 6.92 Å². The Kier molecular flexibility index (Phi) is 4.25. The molecule has 2 unspecified atom stereocenters. The number of hydrogen-bond acceptors (Lipinski definition) is 4. The quantitative estimate of drug-likeness (QED) is 0.640. The highest BCUT2D eigenvalue weighted by Crippen LogP contribution is 2.29. The van der Waals surface area contributed by atoms with Crippen LogP contribution in [0.4, 0.5) is 0 Å².